The van der Waals surface area contributed by atoms with Gasteiger partial charge in [-0.2, -0.15) is 0 Å². The summed E-state index contributed by atoms with van der Waals surface area (Å²) in [5.41, 5.74) is 6.36. The van der Waals surface area contributed by atoms with Crippen LogP contribution < -0.4 is 16.0 Å². The highest BCUT2D eigenvalue weighted by Gasteiger charge is 2.07. The number of aromatic nitrogens is 2. The van der Waals surface area contributed by atoms with Gasteiger partial charge in [0.2, 0.25) is 0 Å². The fourth-order valence-electron chi connectivity index (χ4n) is 2.11. The SMILES string of the molecule is Cc1cc2c(=O)n(CCOc3ccccc3N)cnc2s1. The van der Waals surface area contributed by atoms with Crippen molar-refractivity contribution in [2.75, 3.05) is 12.3 Å². The van der Waals surface area contributed by atoms with Gasteiger partial charge in [0.1, 0.15) is 17.2 Å². The average molecular weight is 301 g/mol. The Morgan fingerprint density at radius 1 is 1.38 bits per heavy atom. The number of para-hydroxylation sites is 2. The minimum Gasteiger partial charge on any atom is -0.490 e. The number of hydrogen-bond acceptors (Lipinski definition) is 5. The molecular formula is C15H15N3O2S. The van der Waals surface area contributed by atoms with Crippen LogP contribution >= 0.6 is 11.3 Å². The monoisotopic (exact) mass is 301 g/mol. The molecule has 0 saturated carbocycles. The van der Waals surface area contributed by atoms with Crippen molar-refractivity contribution in [2.45, 2.75) is 13.5 Å². The third kappa shape index (κ3) is 2.75. The summed E-state index contributed by atoms with van der Waals surface area (Å²) in [5.74, 6) is 0.631. The van der Waals surface area contributed by atoms with E-state index in [4.69, 9.17) is 10.5 Å². The Bertz CT molecular complexity index is 838. The van der Waals surface area contributed by atoms with Crippen LogP contribution in [0.3, 0.4) is 0 Å². The highest BCUT2D eigenvalue weighted by atomic mass is 32.1. The van der Waals surface area contributed by atoms with Gasteiger partial charge < -0.3 is 10.5 Å². The maximum absolute atomic E-state index is 12.3. The van der Waals surface area contributed by atoms with Crippen molar-refractivity contribution in [3.8, 4) is 5.75 Å². The second-order valence-electron chi connectivity index (χ2n) is 4.71. The molecule has 2 N–H and O–H groups in total. The predicted octanol–water partition coefficient (Wildman–Crippen LogP) is 2.43. The van der Waals surface area contributed by atoms with Crippen LogP contribution in [-0.4, -0.2) is 16.2 Å². The number of hydrogen-bond donors (Lipinski definition) is 1. The largest absolute Gasteiger partial charge is 0.490 e. The van der Waals surface area contributed by atoms with Crippen LogP contribution in [0.4, 0.5) is 5.69 Å². The minimum atomic E-state index is -0.0333. The van der Waals surface area contributed by atoms with Crippen LogP contribution in [0.15, 0.2) is 41.5 Å². The second-order valence-corrected chi connectivity index (χ2v) is 5.94. The Morgan fingerprint density at radius 3 is 3.00 bits per heavy atom. The lowest BCUT2D eigenvalue weighted by Crippen LogP contribution is -2.23. The quantitative estimate of drug-likeness (QED) is 0.751. The van der Waals surface area contributed by atoms with Gasteiger partial charge in [-0.05, 0) is 25.1 Å². The molecule has 3 aromatic rings. The van der Waals surface area contributed by atoms with E-state index in [0.29, 0.717) is 30.0 Å². The molecule has 3 rings (SSSR count). The Hall–Kier alpha value is -2.34. The number of aryl methyl sites for hydroxylation is 1. The van der Waals surface area contributed by atoms with Crippen molar-refractivity contribution in [3.63, 3.8) is 0 Å². The van der Waals surface area contributed by atoms with Gasteiger partial charge in [-0.25, -0.2) is 4.98 Å². The highest BCUT2D eigenvalue weighted by Crippen LogP contribution is 2.20. The third-order valence-corrected chi connectivity index (χ3v) is 4.11. The molecule has 0 radical (unpaired) electrons. The summed E-state index contributed by atoms with van der Waals surface area (Å²) in [5, 5.41) is 0.666. The number of benzene rings is 1. The first-order valence-corrected chi connectivity index (χ1v) is 7.39. The van der Waals surface area contributed by atoms with Crippen LogP contribution in [0.2, 0.25) is 0 Å². The van der Waals surface area contributed by atoms with Crippen molar-refractivity contribution < 1.29 is 4.74 Å². The molecule has 0 saturated heterocycles. The van der Waals surface area contributed by atoms with Crippen molar-refractivity contribution in [2.24, 2.45) is 0 Å². The molecule has 0 aliphatic rings. The number of ether oxygens (including phenoxy) is 1. The molecule has 0 aliphatic carbocycles. The van der Waals surface area contributed by atoms with E-state index in [1.807, 2.05) is 31.2 Å². The maximum atomic E-state index is 12.3. The Kier molecular flexibility index (Phi) is 3.62. The summed E-state index contributed by atoms with van der Waals surface area (Å²) < 4.78 is 7.17. The van der Waals surface area contributed by atoms with Gasteiger partial charge >= 0.3 is 0 Å². The third-order valence-electron chi connectivity index (χ3n) is 3.15. The fourth-order valence-corrected chi connectivity index (χ4v) is 2.94. The van der Waals surface area contributed by atoms with Gasteiger partial charge in [0.25, 0.3) is 5.56 Å². The van der Waals surface area contributed by atoms with Gasteiger partial charge in [-0.3, -0.25) is 9.36 Å². The number of thiophene rings is 1. The van der Waals surface area contributed by atoms with E-state index in [0.717, 1.165) is 9.71 Å². The van der Waals surface area contributed by atoms with E-state index in [9.17, 15) is 4.79 Å². The van der Waals surface area contributed by atoms with E-state index in [2.05, 4.69) is 4.98 Å². The molecule has 5 nitrogen and oxygen atoms in total. The molecule has 1 aromatic carbocycles. The number of nitrogens with two attached hydrogens (primary N) is 1. The van der Waals surface area contributed by atoms with Crippen LogP contribution in [-0.2, 0) is 6.54 Å². The molecule has 0 spiro atoms. The van der Waals surface area contributed by atoms with Gasteiger partial charge in [0.15, 0.2) is 0 Å². The lowest BCUT2D eigenvalue weighted by Gasteiger charge is -2.09. The number of nitrogen functional groups attached to an aromatic ring is 1. The average Bonchev–Trinajstić information content (AvgIpc) is 2.85. The molecule has 6 heteroatoms. The van der Waals surface area contributed by atoms with Crippen molar-refractivity contribution in [1.29, 1.82) is 0 Å². The zero-order valence-electron chi connectivity index (χ0n) is 11.6. The summed E-state index contributed by atoms with van der Waals surface area (Å²) in [6.45, 7) is 2.77. The summed E-state index contributed by atoms with van der Waals surface area (Å²) in [4.78, 5) is 18.5. The second kappa shape index (κ2) is 5.57. The van der Waals surface area contributed by atoms with E-state index in [1.54, 1.807) is 17.0 Å². The van der Waals surface area contributed by atoms with Gasteiger partial charge in [0.05, 0.1) is 23.9 Å². The zero-order chi connectivity index (χ0) is 14.8. The summed E-state index contributed by atoms with van der Waals surface area (Å²) in [6, 6.07) is 9.18. The summed E-state index contributed by atoms with van der Waals surface area (Å²) >= 11 is 1.53. The van der Waals surface area contributed by atoms with Gasteiger partial charge in [-0.15, -0.1) is 11.3 Å². The molecular weight excluding hydrogens is 286 g/mol. The first kappa shape index (κ1) is 13.6. The molecule has 108 valence electrons. The van der Waals surface area contributed by atoms with Crippen LogP contribution in [0, 0.1) is 6.92 Å². The highest BCUT2D eigenvalue weighted by molar-refractivity contribution is 7.18. The van der Waals surface area contributed by atoms with Crippen LogP contribution in [0.1, 0.15) is 4.88 Å². The standard InChI is InChI=1S/C15H15N3O2S/c1-10-8-11-14(21-10)17-9-18(15(11)19)6-7-20-13-5-3-2-4-12(13)16/h2-5,8-9H,6-7,16H2,1H3. The summed E-state index contributed by atoms with van der Waals surface area (Å²) in [7, 11) is 0. The van der Waals surface area contributed by atoms with E-state index >= 15 is 0 Å². The van der Waals surface area contributed by atoms with E-state index in [1.165, 1.54) is 11.3 Å². The minimum absolute atomic E-state index is 0.0333. The Balaban J connectivity index is 1.75. The molecule has 0 bridgehead atoms. The van der Waals surface area contributed by atoms with Gasteiger partial charge in [-0.1, -0.05) is 12.1 Å². The molecule has 21 heavy (non-hydrogen) atoms. The van der Waals surface area contributed by atoms with Crippen LogP contribution in [0.25, 0.3) is 10.2 Å². The fraction of sp³-hybridized carbons (Fsp3) is 0.200. The molecule has 0 fully saturated rings. The van der Waals surface area contributed by atoms with E-state index in [-0.39, 0.29) is 5.56 Å². The topological polar surface area (TPSA) is 70.1 Å². The molecule has 0 aliphatic heterocycles. The maximum Gasteiger partial charge on any atom is 0.262 e. The van der Waals surface area contributed by atoms with Crippen molar-refractivity contribution in [1.82, 2.24) is 9.55 Å². The smallest absolute Gasteiger partial charge is 0.262 e. The molecule has 2 aromatic heterocycles. The molecule has 0 atom stereocenters. The summed E-state index contributed by atoms with van der Waals surface area (Å²) in [6.07, 6.45) is 1.57. The zero-order valence-corrected chi connectivity index (χ0v) is 12.4. The first-order valence-electron chi connectivity index (χ1n) is 6.58. The van der Waals surface area contributed by atoms with Gasteiger partial charge in [0, 0.05) is 4.88 Å². The molecule has 0 unspecified atom stereocenters. The molecule has 0 amide bonds. The molecule has 2 heterocycles. The number of anilines is 1. The lowest BCUT2D eigenvalue weighted by molar-refractivity contribution is 0.297. The first-order chi connectivity index (χ1) is 10.1. The Labute approximate surface area is 125 Å². The Morgan fingerprint density at radius 2 is 2.19 bits per heavy atom. The van der Waals surface area contributed by atoms with E-state index < -0.39 is 0 Å². The lowest BCUT2D eigenvalue weighted by atomic mass is 10.3. The normalized spacial score (nSPS) is 10.9. The number of fused-ring (bicyclic) bond motifs is 1. The number of nitrogens with zero attached hydrogens (tertiary/aromatic N) is 2. The predicted molar refractivity (Wildman–Crippen MR) is 85.0 cm³/mol. The van der Waals surface area contributed by atoms with Crippen molar-refractivity contribution >= 4 is 27.2 Å². The van der Waals surface area contributed by atoms with Crippen molar-refractivity contribution in [3.05, 3.63) is 51.9 Å². The van der Waals surface area contributed by atoms with Crippen LogP contribution in [0.5, 0.6) is 5.75 Å². The number of rotatable bonds is 4.